The molecule has 1 atom stereocenters. The molecule has 0 saturated carbocycles. The highest BCUT2D eigenvalue weighted by Gasteiger charge is 2.29. The molecule has 0 spiro atoms. The van der Waals surface area contributed by atoms with Gasteiger partial charge < -0.3 is 20.4 Å². The lowest BCUT2D eigenvalue weighted by atomic mass is 10.1. The Morgan fingerprint density at radius 3 is 2.56 bits per heavy atom. The number of fused-ring (bicyclic) bond motifs is 1. The average Bonchev–Trinajstić information content (AvgIpc) is 3.42. The first kappa shape index (κ1) is 27.0. The predicted octanol–water partition coefficient (Wildman–Crippen LogP) is 2.52. The second-order valence-corrected chi connectivity index (χ2v) is 9.17. The molecule has 4 amide bonds. The molecule has 11 heteroatoms. The van der Waals surface area contributed by atoms with Gasteiger partial charge in [-0.15, -0.1) is 0 Å². The summed E-state index contributed by atoms with van der Waals surface area (Å²) in [7, 11) is 1.54. The molecule has 10 nitrogen and oxygen atoms in total. The first-order chi connectivity index (χ1) is 16.2. The first-order valence-corrected chi connectivity index (χ1v) is 12.2. The van der Waals surface area contributed by atoms with Crippen LogP contribution in [0, 0.1) is 11.8 Å². The maximum absolute atomic E-state index is 12.4. The molecule has 2 aromatic rings. The fraction of sp³-hybridized carbons (Fsp3) is 0.478. The number of aromatic amines is 1. The van der Waals surface area contributed by atoms with Crippen LogP contribution < -0.4 is 20.8 Å². The van der Waals surface area contributed by atoms with Gasteiger partial charge >= 0.3 is 0 Å². The van der Waals surface area contributed by atoms with E-state index in [0.29, 0.717) is 18.7 Å². The fourth-order valence-electron chi connectivity index (χ4n) is 3.19. The van der Waals surface area contributed by atoms with Crippen molar-refractivity contribution in [1.29, 1.82) is 0 Å². The number of hydrazine groups is 1. The van der Waals surface area contributed by atoms with E-state index in [1.807, 2.05) is 6.07 Å². The Kier molecular flexibility index (Phi) is 10.2. The van der Waals surface area contributed by atoms with E-state index in [4.69, 9.17) is 4.74 Å². The summed E-state index contributed by atoms with van der Waals surface area (Å²) in [5.74, 6) is -0.107. The summed E-state index contributed by atoms with van der Waals surface area (Å²) >= 11 is 0.923. The van der Waals surface area contributed by atoms with E-state index in [0.717, 1.165) is 33.6 Å². The highest BCUT2D eigenvalue weighted by atomic mass is 32.2. The number of hydrogen-bond donors (Lipinski definition) is 4. The number of carbonyl (C=O) groups excluding carboxylic acids is 4. The second kappa shape index (κ2) is 12.9. The summed E-state index contributed by atoms with van der Waals surface area (Å²) in [6.07, 6.45) is 2.18. The average molecular weight is 492 g/mol. The normalized spacial score (nSPS) is 14.8. The number of hydrogen-bond acceptors (Lipinski definition) is 6. The van der Waals surface area contributed by atoms with Gasteiger partial charge in [0.15, 0.2) is 0 Å². The molecule has 0 radical (unpaired) electrons. The Morgan fingerprint density at radius 1 is 1.26 bits per heavy atom. The Bertz CT molecular complexity index is 1020. The van der Waals surface area contributed by atoms with E-state index in [-0.39, 0.29) is 30.6 Å². The number of H-pyrrole nitrogens is 1. The summed E-state index contributed by atoms with van der Waals surface area (Å²) in [5, 5.41) is 6.68. The van der Waals surface area contributed by atoms with Gasteiger partial charge in [0.2, 0.25) is 5.91 Å². The fourth-order valence-corrected chi connectivity index (χ4v) is 3.53. The minimum Gasteiger partial charge on any atom is -0.496 e. The van der Waals surface area contributed by atoms with Crippen molar-refractivity contribution in [2.45, 2.75) is 27.2 Å². The molecule has 1 aliphatic heterocycles. The van der Waals surface area contributed by atoms with Crippen LogP contribution in [0.1, 0.15) is 37.7 Å². The Labute approximate surface area is 203 Å². The van der Waals surface area contributed by atoms with Gasteiger partial charge in [-0.25, -0.2) is 5.01 Å². The largest absolute Gasteiger partial charge is 0.496 e. The van der Waals surface area contributed by atoms with Crippen LogP contribution in [0.5, 0.6) is 5.75 Å². The summed E-state index contributed by atoms with van der Waals surface area (Å²) in [6, 6.07) is 7.04. The number of methoxy groups -OCH3 is 1. The van der Waals surface area contributed by atoms with Crippen molar-refractivity contribution in [3.63, 3.8) is 0 Å². The monoisotopic (exact) mass is 491 g/mol. The molecule has 1 aromatic carbocycles. The van der Waals surface area contributed by atoms with Gasteiger partial charge in [-0.05, 0) is 36.8 Å². The van der Waals surface area contributed by atoms with Crippen molar-refractivity contribution in [1.82, 2.24) is 26.1 Å². The number of ether oxygens (including phenoxy) is 1. The standard InChI is InChI=1S/C19H23N5O5S.C4H10/c1-29-15-5-3-4-13-12(15)8-14(22-13)18(27)21-9-16(25)23-24(19(28)30-2)10-11-6-7-20-17(11)26;1-4(2)3/h3-5,8,11,22H,6-7,9-10H2,1-2H3,(H,20,26)(H,21,27)(H,23,25);4H,1-3H3/t11-;/m0./s1. The zero-order chi connectivity index (χ0) is 25.3. The summed E-state index contributed by atoms with van der Waals surface area (Å²) < 4.78 is 5.27. The number of aromatic nitrogens is 1. The van der Waals surface area contributed by atoms with Gasteiger partial charge in [0.1, 0.15) is 11.4 Å². The van der Waals surface area contributed by atoms with Gasteiger partial charge in [0.05, 0.1) is 26.1 Å². The third-order valence-corrected chi connectivity index (χ3v) is 5.29. The number of nitrogens with zero attached hydrogens (tertiary/aromatic N) is 1. The highest BCUT2D eigenvalue weighted by Crippen LogP contribution is 2.25. The van der Waals surface area contributed by atoms with Gasteiger partial charge in [0, 0.05) is 17.4 Å². The lowest BCUT2D eigenvalue weighted by molar-refractivity contribution is -0.126. The van der Waals surface area contributed by atoms with Crippen LogP contribution in [0.3, 0.4) is 0 Å². The van der Waals surface area contributed by atoms with Crippen molar-refractivity contribution in [2.24, 2.45) is 11.8 Å². The number of nitrogens with one attached hydrogen (secondary N) is 4. The van der Waals surface area contributed by atoms with Gasteiger partial charge in [-0.1, -0.05) is 38.6 Å². The molecule has 0 bridgehead atoms. The Morgan fingerprint density at radius 2 is 1.97 bits per heavy atom. The third-order valence-electron chi connectivity index (χ3n) is 4.72. The molecule has 4 N–H and O–H groups in total. The van der Waals surface area contributed by atoms with E-state index in [2.05, 4.69) is 41.8 Å². The van der Waals surface area contributed by atoms with Crippen molar-refractivity contribution in [2.75, 3.05) is 33.0 Å². The molecule has 1 fully saturated rings. The van der Waals surface area contributed by atoms with Gasteiger partial charge in [-0.2, -0.15) is 0 Å². The lowest BCUT2D eigenvalue weighted by Crippen LogP contribution is -2.50. The predicted molar refractivity (Wildman–Crippen MR) is 133 cm³/mol. The molecule has 0 aliphatic carbocycles. The second-order valence-electron chi connectivity index (χ2n) is 8.41. The summed E-state index contributed by atoms with van der Waals surface area (Å²) in [5.41, 5.74) is 3.48. The SMILES string of the molecule is CC(C)C.COc1cccc2[nH]c(C(=O)NCC(=O)NN(C[C@@H]3CCNC3=O)C(=O)SC)cc12. The minimum atomic E-state index is -0.571. The van der Waals surface area contributed by atoms with Crippen molar-refractivity contribution in [3.05, 3.63) is 30.0 Å². The maximum atomic E-state index is 12.4. The Hall–Kier alpha value is -3.21. The van der Waals surface area contributed by atoms with Crippen LogP contribution in [0.15, 0.2) is 24.3 Å². The van der Waals surface area contributed by atoms with Crippen LogP contribution in [-0.2, 0) is 9.59 Å². The molecular weight excluding hydrogens is 458 g/mol. The van der Waals surface area contributed by atoms with Crippen LogP contribution in [0.4, 0.5) is 4.79 Å². The van der Waals surface area contributed by atoms with E-state index in [9.17, 15) is 19.2 Å². The van der Waals surface area contributed by atoms with Gasteiger partial charge in [0.25, 0.3) is 17.1 Å². The molecule has 186 valence electrons. The molecule has 1 saturated heterocycles. The van der Waals surface area contributed by atoms with E-state index >= 15 is 0 Å². The molecular formula is C23H33N5O5S. The molecule has 34 heavy (non-hydrogen) atoms. The van der Waals surface area contributed by atoms with E-state index in [1.54, 1.807) is 31.6 Å². The quantitative estimate of drug-likeness (QED) is 0.459. The minimum absolute atomic E-state index is 0.0764. The number of thioether (sulfide) groups is 1. The molecule has 1 aliphatic rings. The number of rotatable bonds is 6. The van der Waals surface area contributed by atoms with Crippen molar-refractivity contribution in [3.8, 4) is 5.75 Å². The Balaban J connectivity index is 0.000000945. The van der Waals surface area contributed by atoms with Crippen LogP contribution in [0.25, 0.3) is 10.9 Å². The molecule has 2 heterocycles. The van der Waals surface area contributed by atoms with Crippen LogP contribution >= 0.6 is 11.8 Å². The lowest BCUT2D eigenvalue weighted by Gasteiger charge is -2.24. The number of benzene rings is 1. The van der Waals surface area contributed by atoms with E-state index in [1.165, 1.54) is 0 Å². The van der Waals surface area contributed by atoms with Crippen molar-refractivity contribution < 1.29 is 23.9 Å². The number of carbonyl (C=O) groups is 4. The van der Waals surface area contributed by atoms with Crippen molar-refractivity contribution >= 4 is 45.6 Å². The zero-order valence-corrected chi connectivity index (χ0v) is 21.0. The van der Waals surface area contributed by atoms with E-state index < -0.39 is 17.1 Å². The summed E-state index contributed by atoms with van der Waals surface area (Å²) in [6.45, 7) is 6.79. The first-order valence-electron chi connectivity index (χ1n) is 11.0. The molecule has 1 aromatic heterocycles. The molecule has 0 unspecified atom stereocenters. The molecule has 3 rings (SSSR count). The van der Waals surface area contributed by atoms with Crippen LogP contribution in [-0.4, -0.2) is 66.0 Å². The maximum Gasteiger partial charge on any atom is 0.299 e. The van der Waals surface area contributed by atoms with Gasteiger partial charge in [-0.3, -0.25) is 24.6 Å². The number of amides is 4. The topological polar surface area (TPSA) is 133 Å². The third kappa shape index (κ3) is 7.68. The zero-order valence-electron chi connectivity index (χ0n) is 20.2. The smallest absolute Gasteiger partial charge is 0.299 e. The highest BCUT2D eigenvalue weighted by molar-refractivity contribution is 8.12. The summed E-state index contributed by atoms with van der Waals surface area (Å²) in [4.78, 5) is 51.5. The van der Waals surface area contributed by atoms with Crippen LogP contribution in [0.2, 0.25) is 0 Å².